The SMILES string of the molecule is CO[C@H]1C[C@@H]2CC[C@@H](C)[C@@](O)(O2)C(=O)C(=O)N2CCCC[C@H]2C(=O)O[C@H]([C@H](N)C[C@@H]2CC[C@@H](OC(=O)NCc3cnc(N4CCN(c5ncc(C(=O)N6CCN(c7ncc(C(=O)N8CCc9cc(Cn%10nc(-c%11ccc%12oc(N)nc%12c%11)c%11c(N)ncnc%11%10)ccc9C8)cn7)CC6)cn5)CC4)nc3)[C@H](OC)C2)CC(=O)[C@H](C)/C=C(\C)[C@@H](O)[C@@H](OC)C(=O)[C@H](C)C[C@H](C)/C=C/C=CC=C1C. The predicted octanol–water partition coefficient (Wildman–Crippen LogP) is 7.82. The van der Waals surface area contributed by atoms with Gasteiger partial charge in [-0.05, 0) is 142 Å². The molecule has 712 valence electrons. The van der Waals surface area contributed by atoms with Gasteiger partial charge in [-0.1, -0.05) is 82.4 Å². The van der Waals surface area contributed by atoms with Crippen LogP contribution in [0.2, 0.25) is 0 Å². The predicted molar refractivity (Wildman–Crippen MR) is 495 cm³/mol. The van der Waals surface area contributed by atoms with E-state index in [1.54, 1.807) is 93.9 Å². The van der Waals surface area contributed by atoms with Gasteiger partial charge >= 0.3 is 12.1 Å². The van der Waals surface area contributed by atoms with Gasteiger partial charge in [0.15, 0.2) is 17.0 Å². The fourth-order valence-electron chi connectivity index (χ4n) is 19.2. The highest BCUT2D eigenvalue weighted by atomic mass is 16.6. The smallest absolute Gasteiger partial charge is 0.407 e. The van der Waals surface area contributed by atoms with E-state index in [1.807, 2.05) is 81.8 Å². The van der Waals surface area contributed by atoms with Crippen LogP contribution in [0, 0.1) is 29.6 Å². The summed E-state index contributed by atoms with van der Waals surface area (Å²) in [6.45, 7) is 16.0. The van der Waals surface area contributed by atoms with Crippen molar-refractivity contribution in [1.29, 1.82) is 0 Å². The van der Waals surface area contributed by atoms with Gasteiger partial charge in [0, 0.05) is 185 Å². The Kier molecular flexibility index (Phi) is 30.7. The number of nitrogens with two attached hydrogens (primary N) is 3. The minimum absolute atomic E-state index is 0.00147. The molecule has 38 nitrogen and oxygen atoms in total. The lowest BCUT2D eigenvalue weighted by atomic mass is 9.80. The van der Waals surface area contributed by atoms with Crippen molar-refractivity contribution in [2.75, 3.05) is 113 Å². The zero-order valence-corrected chi connectivity index (χ0v) is 77.3. The zero-order valence-electron chi connectivity index (χ0n) is 77.3. The van der Waals surface area contributed by atoms with E-state index in [2.05, 4.69) is 62.3 Å². The van der Waals surface area contributed by atoms with E-state index in [1.165, 1.54) is 20.5 Å². The molecule has 8 aromatic rings. The number of oxazole rings is 1. The second kappa shape index (κ2) is 42.8. The number of allylic oxidation sites excluding steroid dienone is 6. The van der Waals surface area contributed by atoms with Gasteiger partial charge in [-0.15, -0.1) is 0 Å². The summed E-state index contributed by atoms with van der Waals surface area (Å²) >= 11 is 0. The van der Waals surface area contributed by atoms with E-state index >= 15 is 0 Å². The lowest BCUT2D eigenvalue weighted by Crippen LogP contribution is -2.61. The molecule has 4 saturated heterocycles. The van der Waals surface area contributed by atoms with Crippen molar-refractivity contribution in [2.24, 2.45) is 35.3 Å². The number of aliphatic hydroxyl groups excluding tert-OH is 1. The molecular formula is C96H121N21O17. The van der Waals surface area contributed by atoms with Gasteiger partial charge in [-0.3, -0.25) is 28.8 Å². The maximum atomic E-state index is 14.8. The van der Waals surface area contributed by atoms with Gasteiger partial charge in [0.05, 0.1) is 41.4 Å². The molecule has 0 spiro atoms. The number of rotatable bonds is 17. The first-order valence-electron chi connectivity index (χ1n) is 46.2. The Morgan fingerprint density at radius 3 is 2.04 bits per heavy atom. The second-order valence-electron chi connectivity index (χ2n) is 36.5. The maximum absolute atomic E-state index is 14.8. The number of alkyl carbamates (subject to hydrolysis) is 1. The summed E-state index contributed by atoms with van der Waals surface area (Å²) in [5.41, 5.74) is 28.2. The molecule has 15 rings (SSSR count). The van der Waals surface area contributed by atoms with Crippen LogP contribution in [-0.4, -0.2) is 274 Å². The number of piperazine rings is 2. The molecule has 4 amide bonds. The molecule has 1 saturated carbocycles. The molecule has 7 aliphatic rings. The molecule has 2 bridgehead atoms. The summed E-state index contributed by atoms with van der Waals surface area (Å²) in [7, 11) is 4.43. The summed E-state index contributed by atoms with van der Waals surface area (Å²) < 4.78 is 43.3. The highest BCUT2D eigenvalue weighted by Gasteiger charge is 2.54. The van der Waals surface area contributed by atoms with Crippen molar-refractivity contribution < 1.29 is 81.4 Å². The van der Waals surface area contributed by atoms with Crippen LogP contribution in [0.5, 0.6) is 0 Å². The van der Waals surface area contributed by atoms with Gasteiger partial charge in [0.1, 0.15) is 59.6 Å². The van der Waals surface area contributed by atoms with Gasteiger partial charge < -0.3 is 95.0 Å². The number of carbonyl (C=O) groups excluding carboxylic acids is 8. The Bertz CT molecular complexity index is 5700. The second-order valence-corrected chi connectivity index (χ2v) is 36.5. The standard InChI is InChI=1S/C96H121N21O17/c1-55-15-11-10-12-16-56(2)76(128-7)43-69-23-18-60(6)96(127,134-69)84(121)89(124)116-27-14-13-17-72(116)90(125)131-77(44-73(118)57(3)38-59(5)82(120)83(130-9)81(119)58(4)37-55)70(97)40-61-20-24-75(78(41-61)129-8)133-95(126)106-47-63-45-100-92(101-46-63)113-33-35-114(36-34-113)94-102-48-67(49-103-94)87(122)111-29-31-112(32-30-111)93-104-50-68(51-105-93)88(123)115-28-26-64-39-62(19-21-66(64)53-115)52-117-86-79(85(98)107-54-108-86)80(110-117)65-22-25-74-71(42-65)109-91(99)132-74/h10-12,15-16,19,21-22,25,38-39,42,45-46,48-51,54-55,57-58,60-61,69-70,72,75-78,82-83,120,127H,13-14,17-18,20,23-24,26-37,40-41,43-44,47,52-53,97H2,1-9H3,(H2,99,109)(H,106,126)(H2,98,107,108)/b12-10?,15-11+,56-16?,59-38+/t55-,57-,58-,60-,61+,69+,70-,72+,75-,76+,77+,78-,82-,83+,96-/m1/s1. The van der Waals surface area contributed by atoms with E-state index in [4.69, 9.17) is 55.1 Å². The fourth-order valence-corrected chi connectivity index (χ4v) is 19.2. The Morgan fingerprint density at radius 1 is 0.679 bits per heavy atom. The summed E-state index contributed by atoms with van der Waals surface area (Å²) in [5.74, 6) is -7.41. The number of esters is 1. The molecule has 0 unspecified atom stereocenters. The van der Waals surface area contributed by atoms with E-state index in [0.717, 1.165) is 32.7 Å². The highest BCUT2D eigenvalue weighted by molar-refractivity contribution is 6.39. The van der Waals surface area contributed by atoms with Crippen LogP contribution in [-0.2, 0) is 78.4 Å². The Labute approximate surface area is 776 Å². The Hall–Kier alpha value is -12.5. The van der Waals surface area contributed by atoms with E-state index in [9.17, 15) is 48.6 Å². The third kappa shape index (κ3) is 22.1. The van der Waals surface area contributed by atoms with Crippen LogP contribution < -0.4 is 37.2 Å². The van der Waals surface area contributed by atoms with Crippen LogP contribution in [0.15, 0.2) is 132 Å². The number of methoxy groups -OCH3 is 3. The zero-order chi connectivity index (χ0) is 94.8. The van der Waals surface area contributed by atoms with Crippen LogP contribution in [0.1, 0.15) is 162 Å². The number of cyclic esters (lactones) is 1. The summed E-state index contributed by atoms with van der Waals surface area (Å²) in [5, 5.41) is 32.3. The number of nitrogens with one attached hydrogen (secondary N) is 1. The number of anilines is 5. The fraction of sp³-hybridized carbons (Fsp3) is 0.521. The molecule has 9 N–H and O–H groups in total. The number of aromatic nitrogens is 11. The molecule has 1 aliphatic carbocycles. The third-order valence-electron chi connectivity index (χ3n) is 27.2. The van der Waals surface area contributed by atoms with Crippen LogP contribution in [0.4, 0.5) is 34.5 Å². The third-order valence-corrected chi connectivity index (χ3v) is 27.2. The number of ketones is 3. The van der Waals surface area contributed by atoms with Gasteiger partial charge in [-0.2, -0.15) is 10.1 Å². The number of carbonyl (C=O) groups is 8. The van der Waals surface area contributed by atoms with Gasteiger partial charge in [0.2, 0.25) is 23.6 Å². The van der Waals surface area contributed by atoms with Gasteiger partial charge in [-0.25, -0.2) is 54.1 Å². The molecule has 5 fully saturated rings. The van der Waals surface area contributed by atoms with Crippen LogP contribution >= 0.6 is 0 Å². The number of nitrogen functional groups attached to an aromatic ring is 2. The maximum Gasteiger partial charge on any atom is 0.407 e. The average molecular weight is 1840 g/mol. The van der Waals surface area contributed by atoms with Crippen molar-refractivity contribution >= 4 is 98.9 Å². The number of hydrogen-bond donors (Lipinski definition) is 6. The number of piperidine rings is 1. The number of benzene rings is 2. The lowest BCUT2D eigenvalue weighted by Gasteiger charge is -2.42. The van der Waals surface area contributed by atoms with E-state index in [0.29, 0.717) is 204 Å². The highest BCUT2D eigenvalue weighted by Crippen LogP contribution is 2.40. The first-order chi connectivity index (χ1) is 64.5. The molecule has 0 radical (unpaired) electrons. The number of fused-ring (bicyclic) bond motifs is 6. The minimum atomic E-state index is -2.52. The normalized spacial score (nSPS) is 26.9. The monoisotopic (exact) mass is 1840 g/mol. The van der Waals surface area contributed by atoms with Crippen molar-refractivity contribution in [1.82, 2.24) is 74.7 Å². The topological polar surface area (TPSA) is 489 Å². The first kappa shape index (κ1) is 96.1. The summed E-state index contributed by atoms with van der Waals surface area (Å²) in [6, 6.07) is 9.57. The molecule has 134 heavy (non-hydrogen) atoms. The molecule has 38 heteroatoms. The molecule has 15 atom stereocenters. The largest absolute Gasteiger partial charge is 0.459 e. The minimum Gasteiger partial charge on any atom is -0.459 e. The Morgan fingerprint density at radius 2 is 1.36 bits per heavy atom. The first-order valence-corrected chi connectivity index (χ1v) is 46.2. The van der Waals surface area contributed by atoms with E-state index in [-0.39, 0.29) is 74.2 Å². The number of nitrogens with zero attached hydrogens (tertiary/aromatic N) is 17. The molecule has 6 aliphatic heterocycles. The van der Waals surface area contributed by atoms with Crippen molar-refractivity contribution in [3.05, 3.63) is 161 Å². The number of aliphatic hydroxyl groups is 2. The summed E-state index contributed by atoms with van der Waals surface area (Å²) in [4.78, 5) is 165. The van der Waals surface area contributed by atoms with Crippen LogP contribution in [0.3, 0.4) is 0 Å². The number of ether oxygens (including phenoxy) is 6. The molecular weight excluding hydrogens is 1720 g/mol. The van der Waals surface area contributed by atoms with E-state index < -0.39 is 108 Å². The van der Waals surface area contributed by atoms with Gasteiger partial charge in [0.25, 0.3) is 29.5 Å². The summed E-state index contributed by atoms with van der Waals surface area (Å²) in [6.07, 6.45) is 19.4. The van der Waals surface area contributed by atoms with Crippen molar-refractivity contribution in [3.8, 4) is 11.3 Å². The Balaban J connectivity index is 0.500. The molecule has 2 aromatic carbocycles. The molecule has 12 heterocycles. The van der Waals surface area contributed by atoms with Crippen LogP contribution in [0.25, 0.3) is 33.4 Å². The number of Topliss-reactive ketones (excluding diaryl/α,β-unsaturated/α-hetero) is 3. The molecule has 6 aromatic heterocycles. The van der Waals surface area contributed by atoms with Crippen molar-refractivity contribution in [3.63, 3.8) is 0 Å². The number of amides is 4. The quantitative estimate of drug-likeness (QED) is 0.0287. The lowest BCUT2D eigenvalue weighted by molar-refractivity contribution is -0.265. The van der Waals surface area contributed by atoms with Crippen molar-refractivity contribution in [2.45, 2.75) is 205 Å². The number of hydrogen-bond acceptors (Lipinski definition) is 33. The average Bonchev–Trinajstić information content (AvgIpc) is 1.50.